The van der Waals surface area contributed by atoms with Gasteiger partial charge in [0, 0.05) is 16.6 Å². The summed E-state index contributed by atoms with van der Waals surface area (Å²) in [7, 11) is 0. The fourth-order valence-electron chi connectivity index (χ4n) is 3.55. The maximum Gasteiger partial charge on any atom is 0.323 e. The number of amides is 1. The van der Waals surface area contributed by atoms with E-state index in [1.165, 1.54) is 4.88 Å². The molecule has 6 nitrogen and oxygen atoms in total. The van der Waals surface area contributed by atoms with Gasteiger partial charge in [-0.25, -0.2) is 4.79 Å². The number of benzene rings is 1. The number of aromatic nitrogens is 2. The Hall–Kier alpha value is -2.38. The highest BCUT2D eigenvalue weighted by molar-refractivity contribution is 7.10. The van der Waals surface area contributed by atoms with Crippen molar-refractivity contribution in [1.82, 2.24) is 14.9 Å². The molecule has 1 amide bonds. The smallest absolute Gasteiger partial charge is 0.323 e. The van der Waals surface area contributed by atoms with Crippen molar-refractivity contribution >= 4 is 34.0 Å². The molecule has 0 radical (unpaired) electrons. The van der Waals surface area contributed by atoms with Crippen LogP contribution in [0.15, 0.2) is 40.5 Å². The Kier molecular flexibility index (Phi) is 4.19. The van der Waals surface area contributed by atoms with Gasteiger partial charge in [0.05, 0.1) is 17.1 Å². The SMILES string of the molecule is C[C@H](C(=O)Nc1ccc2[nH]c(=O)[nH]c2c1)N1CCC[C@H]1c1cccs1. The van der Waals surface area contributed by atoms with Crippen molar-refractivity contribution in [3.63, 3.8) is 0 Å². The summed E-state index contributed by atoms with van der Waals surface area (Å²) in [6, 6.07) is 9.69. The van der Waals surface area contributed by atoms with E-state index in [1.54, 1.807) is 29.5 Å². The molecule has 130 valence electrons. The topological polar surface area (TPSA) is 81.0 Å². The standard InChI is InChI=1S/C18H20N4O2S/c1-11(22-8-2-4-15(22)16-5-3-9-25-16)17(23)19-12-6-7-13-14(10-12)21-18(24)20-13/h3,5-7,9-11,15H,2,4,8H2,1H3,(H,19,23)(H2,20,21,24)/t11-,15+/m1/s1. The van der Waals surface area contributed by atoms with Crippen molar-refractivity contribution in [2.24, 2.45) is 0 Å². The number of carbonyl (C=O) groups excluding carboxylic acids is 1. The van der Waals surface area contributed by atoms with Crippen LogP contribution >= 0.6 is 11.3 Å². The average molecular weight is 356 g/mol. The minimum Gasteiger partial charge on any atom is -0.325 e. The summed E-state index contributed by atoms with van der Waals surface area (Å²) in [5.41, 5.74) is 1.86. The molecule has 0 spiro atoms. The van der Waals surface area contributed by atoms with Crippen molar-refractivity contribution in [3.8, 4) is 0 Å². The lowest BCUT2D eigenvalue weighted by atomic mass is 10.1. The van der Waals surface area contributed by atoms with Crippen LogP contribution in [0.25, 0.3) is 11.0 Å². The molecule has 1 saturated heterocycles. The number of likely N-dealkylation sites (tertiary alicyclic amines) is 1. The Morgan fingerprint density at radius 3 is 2.96 bits per heavy atom. The second-order valence-corrected chi connectivity index (χ2v) is 7.40. The van der Waals surface area contributed by atoms with Crippen molar-refractivity contribution < 1.29 is 4.79 Å². The van der Waals surface area contributed by atoms with Gasteiger partial charge in [-0.05, 0) is 56.0 Å². The van der Waals surface area contributed by atoms with E-state index in [0.29, 0.717) is 17.2 Å². The predicted octanol–water partition coefficient (Wildman–Crippen LogP) is 3.08. The third-order valence-electron chi connectivity index (χ3n) is 4.83. The van der Waals surface area contributed by atoms with Gasteiger partial charge in [0.1, 0.15) is 0 Å². The number of hydrogen-bond donors (Lipinski definition) is 3. The molecule has 1 fully saturated rings. The van der Waals surface area contributed by atoms with Gasteiger partial charge in [0.15, 0.2) is 0 Å². The van der Waals surface area contributed by atoms with Crippen LogP contribution in [-0.2, 0) is 4.79 Å². The number of fused-ring (bicyclic) bond motifs is 1. The van der Waals surface area contributed by atoms with Crippen LogP contribution in [0.1, 0.15) is 30.7 Å². The van der Waals surface area contributed by atoms with E-state index in [-0.39, 0.29) is 17.6 Å². The average Bonchev–Trinajstić information content (AvgIpc) is 3.32. The summed E-state index contributed by atoms with van der Waals surface area (Å²) < 4.78 is 0. The largest absolute Gasteiger partial charge is 0.325 e. The molecule has 1 aliphatic rings. The number of nitrogens with zero attached hydrogens (tertiary/aromatic N) is 1. The third-order valence-corrected chi connectivity index (χ3v) is 5.80. The van der Waals surface area contributed by atoms with Crippen LogP contribution in [0.5, 0.6) is 0 Å². The Labute approximate surface area is 148 Å². The fraction of sp³-hybridized carbons (Fsp3) is 0.333. The first-order valence-electron chi connectivity index (χ1n) is 8.44. The summed E-state index contributed by atoms with van der Waals surface area (Å²) in [5, 5.41) is 5.06. The highest BCUT2D eigenvalue weighted by Crippen LogP contribution is 2.36. The molecular weight excluding hydrogens is 336 g/mol. The highest BCUT2D eigenvalue weighted by atomic mass is 32.1. The van der Waals surface area contributed by atoms with Crippen LogP contribution in [0.2, 0.25) is 0 Å². The van der Waals surface area contributed by atoms with Crippen molar-refractivity contribution in [2.45, 2.75) is 31.8 Å². The van der Waals surface area contributed by atoms with Gasteiger partial charge < -0.3 is 15.3 Å². The van der Waals surface area contributed by atoms with Gasteiger partial charge in [0.25, 0.3) is 0 Å². The number of anilines is 1. The van der Waals surface area contributed by atoms with E-state index in [4.69, 9.17) is 0 Å². The van der Waals surface area contributed by atoms with Crippen LogP contribution in [0.4, 0.5) is 5.69 Å². The van der Waals surface area contributed by atoms with Crippen molar-refractivity contribution in [2.75, 3.05) is 11.9 Å². The fourth-order valence-corrected chi connectivity index (χ4v) is 4.43. The summed E-state index contributed by atoms with van der Waals surface area (Å²) in [6.07, 6.45) is 2.20. The Balaban J connectivity index is 1.50. The molecule has 0 bridgehead atoms. The number of imidazole rings is 1. The third kappa shape index (κ3) is 3.12. The number of nitrogens with one attached hydrogen (secondary N) is 3. The van der Waals surface area contributed by atoms with E-state index in [0.717, 1.165) is 24.9 Å². The van der Waals surface area contributed by atoms with Gasteiger partial charge in [-0.1, -0.05) is 6.07 Å². The zero-order chi connectivity index (χ0) is 17.4. The van der Waals surface area contributed by atoms with E-state index < -0.39 is 0 Å². The molecular formula is C18H20N4O2S. The maximum absolute atomic E-state index is 12.7. The molecule has 1 aliphatic heterocycles. The van der Waals surface area contributed by atoms with Gasteiger partial charge in [-0.3, -0.25) is 9.69 Å². The lowest BCUT2D eigenvalue weighted by molar-refractivity contribution is -0.121. The number of carbonyl (C=O) groups is 1. The first-order chi connectivity index (χ1) is 12.1. The molecule has 3 heterocycles. The Morgan fingerprint density at radius 1 is 1.32 bits per heavy atom. The summed E-state index contributed by atoms with van der Waals surface area (Å²) in [6.45, 7) is 2.89. The van der Waals surface area contributed by atoms with Gasteiger partial charge >= 0.3 is 5.69 Å². The second-order valence-electron chi connectivity index (χ2n) is 6.42. The predicted molar refractivity (Wildman–Crippen MR) is 100 cm³/mol. The first-order valence-corrected chi connectivity index (χ1v) is 9.32. The quantitative estimate of drug-likeness (QED) is 0.672. The summed E-state index contributed by atoms with van der Waals surface area (Å²) in [5.74, 6) is -0.0271. The molecule has 7 heteroatoms. The normalized spacial score (nSPS) is 19.3. The zero-order valence-electron chi connectivity index (χ0n) is 13.9. The molecule has 2 atom stereocenters. The minimum atomic E-state index is -0.247. The van der Waals surface area contributed by atoms with Crippen molar-refractivity contribution in [1.29, 1.82) is 0 Å². The number of hydrogen-bond acceptors (Lipinski definition) is 4. The lowest BCUT2D eigenvalue weighted by Crippen LogP contribution is -2.41. The van der Waals surface area contributed by atoms with E-state index in [9.17, 15) is 9.59 Å². The van der Waals surface area contributed by atoms with Crippen LogP contribution in [-0.4, -0.2) is 33.4 Å². The van der Waals surface area contributed by atoms with E-state index >= 15 is 0 Å². The van der Waals surface area contributed by atoms with Crippen LogP contribution in [0.3, 0.4) is 0 Å². The number of thiophene rings is 1. The van der Waals surface area contributed by atoms with E-state index in [2.05, 4.69) is 37.7 Å². The minimum absolute atomic E-state index is 0.0271. The zero-order valence-corrected chi connectivity index (χ0v) is 14.7. The Morgan fingerprint density at radius 2 is 2.16 bits per heavy atom. The molecule has 4 rings (SSSR count). The molecule has 0 aliphatic carbocycles. The second kappa shape index (κ2) is 6.50. The molecule has 25 heavy (non-hydrogen) atoms. The van der Waals surface area contributed by atoms with Gasteiger partial charge in [-0.15, -0.1) is 11.3 Å². The first kappa shape index (κ1) is 16.1. The summed E-state index contributed by atoms with van der Waals surface area (Å²) in [4.78, 5) is 33.1. The number of H-pyrrole nitrogens is 2. The van der Waals surface area contributed by atoms with E-state index in [1.807, 2.05) is 6.92 Å². The van der Waals surface area contributed by atoms with Gasteiger partial charge in [0.2, 0.25) is 5.91 Å². The molecule has 0 saturated carbocycles. The van der Waals surface area contributed by atoms with Crippen LogP contribution in [0, 0.1) is 0 Å². The highest BCUT2D eigenvalue weighted by Gasteiger charge is 2.33. The maximum atomic E-state index is 12.7. The monoisotopic (exact) mass is 356 g/mol. The molecule has 1 aromatic carbocycles. The molecule has 0 unspecified atom stereocenters. The van der Waals surface area contributed by atoms with Crippen LogP contribution < -0.4 is 11.0 Å². The Bertz CT molecular complexity index is 944. The lowest BCUT2D eigenvalue weighted by Gasteiger charge is -2.29. The molecule has 3 aromatic rings. The van der Waals surface area contributed by atoms with Gasteiger partial charge in [-0.2, -0.15) is 0 Å². The molecule has 3 N–H and O–H groups in total. The number of aromatic amines is 2. The molecule has 2 aromatic heterocycles. The summed E-state index contributed by atoms with van der Waals surface area (Å²) >= 11 is 1.75. The number of rotatable bonds is 4. The van der Waals surface area contributed by atoms with Crippen molar-refractivity contribution in [3.05, 3.63) is 51.1 Å².